The van der Waals surface area contributed by atoms with Crippen molar-refractivity contribution < 1.29 is 4.42 Å². The minimum absolute atomic E-state index is 0.871. The highest BCUT2D eigenvalue weighted by Crippen LogP contribution is 2.49. The summed E-state index contributed by atoms with van der Waals surface area (Å²) in [5.74, 6) is 0. The topological polar surface area (TPSA) is 26.0 Å². The van der Waals surface area contributed by atoms with Gasteiger partial charge in [-0.2, -0.15) is 0 Å². The first-order valence-electron chi connectivity index (χ1n) is 22.3. The van der Waals surface area contributed by atoms with Crippen LogP contribution in [0.2, 0.25) is 0 Å². The lowest BCUT2D eigenvalue weighted by atomic mass is 9.83. The molecule has 0 saturated heterocycles. The Morgan fingerprint density at radius 1 is 0.262 bits per heavy atom. The van der Waals surface area contributed by atoms with Gasteiger partial charge in [0.05, 0.1) is 0 Å². The molecule has 0 bridgehead atoms. The molecular weight excluding hydrogens is 787 g/mol. The highest BCUT2D eigenvalue weighted by Gasteiger charge is 2.23. The van der Waals surface area contributed by atoms with Crippen LogP contribution in [0, 0.1) is 0 Å². The maximum atomic E-state index is 6.92. The Labute approximate surface area is 376 Å². The van der Waals surface area contributed by atoms with E-state index in [2.05, 4.69) is 223 Å². The fraction of sp³-hybridized carbons (Fsp3) is 0. The van der Waals surface area contributed by atoms with Crippen LogP contribution in [0.15, 0.2) is 241 Å². The summed E-state index contributed by atoms with van der Waals surface area (Å²) in [4.78, 5) is 4.50. The fourth-order valence-corrected chi connectivity index (χ4v) is 10.5. The Kier molecular flexibility index (Phi) is 8.57. The van der Waals surface area contributed by atoms with Crippen LogP contribution in [0.25, 0.3) is 132 Å². The summed E-state index contributed by atoms with van der Waals surface area (Å²) < 4.78 is 6.92. The molecule has 0 unspecified atom stereocenters. The third-order valence-electron chi connectivity index (χ3n) is 13.3. The van der Waals surface area contributed by atoms with Gasteiger partial charge in [-0.3, -0.25) is 4.98 Å². The second kappa shape index (κ2) is 15.0. The number of hydrogen-bond donors (Lipinski definition) is 0. The van der Waals surface area contributed by atoms with Crippen LogP contribution < -0.4 is 0 Å². The van der Waals surface area contributed by atoms with Crippen LogP contribution in [0.3, 0.4) is 0 Å². The van der Waals surface area contributed by atoms with Crippen molar-refractivity contribution in [3.05, 3.63) is 237 Å². The van der Waals surface area contributed by atoms with Crippen LogP contribution in [-0.2, 0) is 0 Å². The van der Waals surface area contributed by atoms with E-state index in [1.807, 2.05) is 18.5 Å². The minimum Gasteiger partial charge on any atom is -0.456 e. The van der Waals surface area contributed by atoms with Gasteiger partial charge in [-0.05, 0) is 147 Å². The Morgan fingerprint density at radius 2 is 0.723 bits per heavy atom. The number of benzene rings is 11. The van der Waals surface area contributed by atoms with E-state index in [9.17, 15) is 0 Å². The third-order valence-corrected chi connectivity index (χ3v) is 13.3. The lowest BCUT2D eigenvalue weighted by Crippen LogP contribution is -1.93. The fourth-order valence-electron chi connectivity index (χ4n) is 10.5. The predicted octanol–water partition coefficient (Wildman–Crippen LogP) is 17.6. The molecule has 65 heavy (non-hydrogen) atoms. The number of nitrogens with zero attached hydrogens (tertiary/aromatic N) is 1. The SMILES string of the molecule is c1ccc(-c2cc(-c3cccnc3)cc(-c3c4ccccc4c(-c4cccc5oc6cc(-c7c8ccccc8c(-c8ccccc8)c8ccccc78)ccc6c45)c4ccccc34)c2)cc1. The Morgan fingerprint density at radius 3 is 1.28 bits per heavy atom. The molecule has 0 fully saturated rings. The summed E-state index contributed by atoms with van der Waals surface area (Å²) in [5, 5.41) is 11.9. The second-order valence-electron chi connectivity index (χ2n) is 16.9. The first-order valence-corrected chi connectivity index (χ1v) is 22.3. The molecule has 2 nitrogen and oxygen atoms in total. The molecular formula is C63H39NO. The maximum absolute atomic E-state index is 6.92. The third kappa shape index (κ3) is 5.99. The van der Waals surface area contributed by atoms with Crippen molar-refractivity contribution in [3.63, 3.8) is 0 Å². The molecule has 13 aromatic rings. The smallest absolute Gasteiger partial charge is 0.136 e. The van der Waals surface area contributed by atoms with E-state index in [0.717, 1.165) is 44.2 Å². The van der Waals surface area contributed by atoms with Gasteiger partial charge in [-0.1, -0.05) is 182 Å². The van der Waals surface area contributed by atoms with Gasteiger partial charge < -0.3 is 4.42 Å². The van der Waals surface area contributed by atoms with Gasteiger partial charge in [0.1, 0.15) is 11.2 Å². The highest BCUT2D eigenvalue weighted by atomic mass is 16.3. The molecule has 0 saturated carbocycles. The van der Waals surface area contributed by atoms with Crippen LogP contribution in [-0.4, -0.2) is 4.98 Å². The van der Waals surface area contributed by atoms with Gasteiger partial charge in [0.15, 0.2) is 0 Å². The van der Waals surface area contributed by atoms with Gasteiger partial charge >= 0.3 is 0 Å². The molecule has 0 atom stereocenters. The molecule has 0 N–H and O–H groups in total. The molecule has 2 aromatic heterocycles. The highest BCUT2D eigenvalue weighted by molar-refractivity contribution is 6.27. The van der Waals surface area contributed by atoms with E-state index in [4.69, 9.17) is 4.42 Å². The van der Waals surface area contributed by atoms with Gasteiger partial charge in [-0.15, -0.1) is 0 Å². The predicted molar refractivity (Wildman–Crippen MR) is 274 cm³/mol. The van der Waals surface area contributed by atoms with Crippen molar-refractivity contribution in [2.45, 2.75) is 0 Å². The lowest BCUT2D eigenvalue weighted by Gasteiger charge is -2.19. The normalized spacial score (nSPS) is 11.7. The molecule has 0 aliphatic rings. The van der Waals surface area contributed by atoms with E-state index in [1.165, 1.54) is 87.6 Å². The average Bonchev–Trinajstić information content (AvgIpc) is 3.76. The van der Waals surface area contributed by atoms with Crippen molar-refractivity contribution in [1.29, 1.82) is 0 Å². The summed E-state index contributed by atoms with van der Waals surface area (Å²) in [5.41, 5.74) is 15.9. The molecule has 302 valence electrons. The van der Waals surface area contributed by atoms with Crippen LogP contribution in [0.5, 0.6) is 0 Å². The first kappa shape index (κ1) is 37.0. The molecule has 11 aromatic carbocycles. The molecule has 2 heterocycles. The van der Waals surface area contributed by atoms with Gasteiger partial charge in [0.25, 0.3) is 0 Å². The van der Waals surface area contributed by atoms with E-state index in [-0.39, 0.29) is 0 Å². The van der Waals surface area contributed by atoms with E-state index in [1.54, 1.807) is 0 Å². The Balaban J connectivity index is 1.04. The quantitative estimate of drug-likeness (QED) is 0.156. The lowest BCUT2D eigenvalue weighted by molar-refractivity contribution is 0.669. The summed E-state index contributed by atoms with van der Waals surface area (Å²) >= 11 is 0. The van der Waals surface area contributed by atoms with Crippen molar-refractivity contribution in [2.24, 2.45) is 0 Å². The number of rotatable bonds is 6. The number of aromatic nitrogens is 1. The average molecular weight is 826 g/mol. The maximum Gasteiger partial charge on any atom is 0.136 e. The van der Waals surface area contributed by atoms with Crippen LogP contribution in [0.4, 0.5) is 0 Å². The largest absolute Gasteiger partial charge is 0.456 e. The van der Waals surface area contributed by atoms with Crippen molar-refractivity contribution in [3.8, 4) is 66.8 Å². The Bertz CT molecular complexity index is 3810. The molecule has 2 heteroatoms. The molecule has 13 rings (SSSR count). The molecule has 0 aliphatic heterocycles. The van der Waals surface area contributed by atoms with E-state index >= 15 is 0 Å². The van der Waals surface area contributed by atoms with E-state index in [0.29, 0.717) is 0 Å². The summed E-state index contributed by atoms with van der Waals surface area (Å²) in [6.45, 7) is 0. The minimum atomic E-state index is 0.871. The van der Waals surface area contributed by atoms with Crippen molar-refractivity contribution in [1.82, 2.24) is 4.98 Å². The zero-order valence-corrected chi connectivity index (χ0v) is 35.4. The molecule has 0 spiro atoms. The van der Waals surface area contributed by atoms with Crippen LogP contribution >= 0.6 is 0 Å². The number of fused-ring (bicyclic) bond motifs is 7. The van der Waals surface area contributed by atoms with Crippen LogP contribution in [0.1, 0.15) is 0 Å². The summed E-state index contributed by atoms with van der Waals surface area (Å²) in [7, 11) is 0. The molecule has 0 radical (unpaired) electrons. The summed E-state index contributed by atoms with van der Waals surface area (Å²) in [6, 6.07) is 81.5. The second-order valence-corrected chi connectivity index (χ2v) is 16.9. The molecule has 0 amide bonds. The standard InChI is InChI=1S/C63H39NO/c1-3-17-40(18-4-1)44-35-45(43-21-16-34-64-39-43)37-46(36-44)61-51-26-11-13-28-53(51)62(54-29-14-12-27-52(54)61)56-30-15-31-57-63(56)55-33-32-42(38-58(55)65-57)60-49-24-9-7-22-47(49)59(41-19-5-2-6-20-41)48-23-8-10-25-50(48)60/h1-39H. The zero-order valence-electron chi connectivity index (χ0n) is 35.4. The monoisotopic (exact) mass is 825 g/mol. The number of pyridine rings is 1. The Hall–Kier alpha value is -8.59. The summed E-state index contributed by atoms with van der Waals surface area (Å²) in [6.07, 6.45) is 3.79. The number of furan rings is 1. The van der Waals surface area contributed by atoms with Gasteiger partial charge in [0, 0.05) is 28.7 Å². The zero-order chi connectivity index (χ0) is 42.8. The number of hydrogen-bond acceptors (Lipinski definition) is 2. The molecule has 0 aliphatic carbocycles. The first-order chi connectivity index (χ1) is 32.3. The van der Waals surface area contributed by atoms with E-state index < -0.39 is 0 Å². The van der Waals surface area contributed by atoms with Crippen molar-refractivity contribution in [2.75, 3.05) is 0 Å². The van der Waals surface area contributed by atoms with Gasteiger partial charge in [0.2, 0.25) is 0 Å². The van der Waals surface area contributed by atoms with Crippen molar-refractivity contribution >= 4 is 65.0 Å². The van der Waals surface area contributed by atoms with Gasteiger partial charge in [-0.25, -0.2) is 0 Å².